The van der Waals surface area contributed by atoms with Crippen molar-refractivity contribution in [2.45, 2.75) is 43.7 Å². The molecule has 1 saturated carbocycles. The van der Waals surface area contributed by atoms with Gasteiger partial charge in [0.05, 0.1) is 0 Å². The fourth-order valence-corrected chi connectivity index (χ4v) is 4.05. The predicted octanol–water partition coefficient (Wildman–Crippen LogP) is 1.43. The molecule has 0 aromatic heterocycles. The Bertz CT molecular complexity index is 643. The summed E-state index contributed by atoms with van der Waals surface area (Å²) in [6.07, 6.45) is 0.844. The topological polar surface area (TPSA) is 58.2 Å². The highest BCUT2D eigenvalue weighted by atomic mass is 19.3. The summed E-state index contributed by atoms with van der Waals surface area (Å²) in [4.78, 5) is 24.6. The molecule has 2 aliphatic carbocycles. The number of piperazine rings is 1. The lowest BCUT2D eigenvalue weighted by Crippen LogP contribution is -2.67. The molecule has 2 N–H and O–H groups in total. The Morgan fingerprint density at radius 2 is 1.35 bits per heavy atom. The van der Waals surface area contributed by atoms with Crippen LogP contribution in [-0.4, -0.2) is 29.8 Å². The first-order valence-corrected chi connectivity index (χ1v) is 7.98. The van der Waals surface area contributed by atoms with Gasteiger partial charge in [0.25, 0.3) is 0 Å². The minimum atomic E-state index is -2.69. The number of carbonyl (C=O) groups is 2. The lowest BCUT2D eigenvalue weighted by atomic mass is 9.75. The summed E-state index contributed by atoms with van der Waals surface area (Å²) < 4.78 is 26.0. The predicted molar refractivity (Wildman–Crippen MR) is 78.9 cm³/mol. The summed E-state index contributed by atoms with van der Waals surface area (Å²) in [5, 5.41) is 5.45. The summed E-state index contributed by atoms with van der Waals surface area (Å²) in [5.41, 5.74) is 2.42. The van der Waals surface area contributed by atoms with Crippen LogP contribution in [0, 0.1) is 11.8 Å². The monoisotopic (exact) mass is 320 g/mol. The number of nitrogens with one attached hydrogen (secondary N) is 2. The van der Waals surface area contributed by atoms with Crippen molar-refractivity contribution < 1.29 is 18.4 Å². The number of hydrogen-bond acceptors (Lipinski definition) is 2. The quantitative estimate of drug-likeness (QED) is 0.866. The summed E-state index contributed by atoms with van der Waals surface area (Å²) in [6.45, 7) is 0. The fraction of sp³-hybridized carbons (Fsp3) is 0.529. The number of rotatable bonds is 2. The van der Waals surface area contributed by atoms with Crippen molar-refractivity contribution in [2.24, 2.45) is 11.8 Å². The van der Waals surface area contributed by atoms with Crippen LogP contribution in [-0.2, 0) is 22.4 Å². The summed E-state index contributed by atoms with van der Waals surface area (Å²) in [7, 11) is 0. The zero-order valence-corrected chi connectivity index (χ0v) is 12.5. The minimum Gasteiger partial charge on any atom is -0.342 e. The van der Waals surface area contributed by atoms with Gasteiger partial charge < -0.3 is 10.6 Å². The van der Waals surface area contributed by atoms with Gasteiger partial charge in [0.1, 0.15) is 12.1 Å². The van der Waals surface area contributed by atoms with E-state index in [2.05, 4.69) is 10.6 Å². The number of benzene rings is 1. The molecular formula is C17H18F2N2O2. The zero-order valence-electron chi connectivity index (χ0n) is 12.5. The maximum atomic E-state index is 13.0. The molecule has 1 heterocycles. The number of halogens is 2. The minimum absolute atomic E-state index is 0.0279. The van der Waals surface area contributed by atoms with Crippen molar-refractivity contribution in [3.63, 3.8) is 0 Å². The van der Waals surface area contributed by atoms with Crippen molar-refractivity contribution >= 4 is 11.8 Å². The van der Waals surface area contributed by atoms with Crippen LogP contribution in [0.15, 0.2) is 24.3 Å². The average molecular weight is 320 g/mol. The van der Waals surface area contributed by atoms with Crippen LogP contribution < -0.4 is 10.6 Å². The first-order valence-electron chi connectivity index (χ1n) is 7.98. The van der Waals surface area contributed by atoms with E-state index in [0.717, 1.165) is 12.8 Å². The largest absolute Gasteiger partial charge is 0.342 e. The highest BCUT2D eigenvalue weighted by Crippen LogP contribution is 2.44. The molecule has 3 aliphatic rings. The Morgan fingerprint density at radius 1 is 0.870 bits per heavy atom. The Balaban J connectivity index is 1.43. The molecule has 1 aliphatic heterocycles. The molecule has 2 fully saturated rings. The Hall–Kier alpha value is -1.98. The SMILES string of the molecule is O=C1NC(C2CC(F)(F)C2)C(=O)NC1C1Cc2ccccc2C1. The molecule has 0 bridgehead atoms. The molecule has 1 aromatic rings. The van der Waals surface area contributed by atoms with Gasteiger partial charge in [-0.3, -0.25) is 9.59 Å². The van der Waals surface area contributed by atoms with Gasteiger partial charge in [-0.2, -0.15) is 0 Å². The number of hydrogen-bond donors (Lipinski definition) is 2. The number of amides is 2. The van der Waals surface area contributed by atoms with E-state index in [1.165, 1.54) is 11.1 Å². The van der Waals surface area contributed by atoms with E-state index in [1.54, 1.807) is 0 Å². The first kappa shape index (κ1) is 14.6. The Kier molecular flexibility index (Phi) is 3.18. The smallest absolute Gasteiger partial charge is 0.248 e. The first-order chi connectivity index (χ1) is 10.9. The third kappa shape index (κ3) is 2.50. The van der Waals surface area contributed by atoms with Crippen molar-refractivity contribution in [1.82, 2.24) is 10.6 Å². The maximum absolute atomic E-state index is 13.0. The molecule has 1 aromatic carbocycles. The van der Waals surface area contributed by atoms with Crippen LogP contribution in [0.1, 0.15) is 24.0 Å². The normalized spacial score (nSPS) is 30.3. The fourth-order valence-electron chi connectivity index (χ4n) is 4.05. The Labute approximate surface area is 132 Å². The molecule has 0 spiro atoms. The maximum Gasteiger partial charge on any atom is 0.248 e. The molecule has 0 radical (unpaired) electrons. The second-order valence-corrected chi connectivity index (χ2v) is 6.93. The van der Waals surface area contributed by atoms with Gasteiger partial charge in [-0.05, 0) is 35.8 Å². The van der Waals surface area contributed by atoms with E-state index in [4.69, 9.17) is 0 Å². The molecule has 23 heavy (non-hydrogen) atoms. The molecule has 6 heteroatoms. The molecular weight excluding hydrogens is 302 g/mol. The van der Waals surface area contributed by atoms with Gasteiger partial charge in [-0.1, -0.05) is 24.3 Å². The van der Waals surface area contributed by atoms with E-state index < -0.39 is 23.9 Å². The van der Waals surface area contributed by atoms with Crippen molar-refractivity contribution in [2.75, 3.05) is 0 Å². The van der Waals surface area contributed by atoms with Crippen LogP contribution in [0.25, 0.3) is 0 Å². The van der Waals surface area contributed by atoms with Crippen molar-refractivity contribution in [3.05, 3.63) is 35.4 Å². The molecule has 2 amide bonds. The van der Waals surface area contributed by atoms with Gasteiger partial charge >= 0.3 is 0 Å². The van der Waals surface area contributed by atoms with E-state index in [-0.39, 0.29) is 30.6 Å². The van der Waals surface area contributed by atoms with Gasteiger partial charge in [0.15, 0.2) is 0 Å². The third-order valence-corrected chi connectivity index (χ3v) is 5.31. The second-order valence-electron chi connectivity index (χ2n) is 6.93. The van der Waals surface area contributed by atoms with Crippen LogP contribution >= 0.6 is 0 Å². The van der Waals surface area contributed by atoms with Crippen LogP contribution in [0.3, 0.4) is 0 Å². The molecule has 1 saturated heterocycles. The lowest BCUT2D eigenvalue weighted by Gasteiger charge is -2.42. The molecule has 2 atom stereocenters. The summed E-state index contributed by atoms with van der Waals surface area (Å²) >= 11 is 0. The van der Waals surface area contributed by atoms with E-state index in [0.29, 0.717) is 0 Å². The van der Waals surface area contributed by atoms with Gasteiger partial charge in [-0.15, -0.1) is 0 Å². The summed E-state index contributed by atoms with van der Waals surface area (Å²) in [6, 6.07) is 6.61. The highest BCUT2D eigenvalue weighted by Gasteiger charge is 2.53. The van der Waals surface area contributed by atoms with E-state index in [1.807, 2.05) is 24.3 Å². The molecule has 4 rings (SSSR count). The lowest BCUT2D eigenvalue weighted by molar-refractivity contribution is -0.151. The number of carbonyl (C=O) groups excluding carboxylic acids is 2. The Morgan fingerprint density at radius 3 is 1.83 bits per heavy atom. The highest BCUT2D eigenvalue weighted by molar-refractivity contribution is 5.97. The summed E-state index contributed by atoms with van der Waals surface area (Å²) in [5.74, 6) is -3.70. The van der Waals surface area contributed by atoms with Crippen LogP contribution in [0.5, 0.6) is 0 Å². The second kappa shape index (κ2) is 5.01. The molecule has 122 valence electrons. The third-order valence-electron chi connectivity index (χ3n) is 5.31. The molecule has 2 unspecified atom stereocenters. The van der Waals surface area contributed by atoms with Gasteiger partial charge in [0.2, 0.25) is 17.7 Å². The zero-order chi connectivity index (χ0) is 16.2. The van der Waals surface area contributed by atoms with E-state index >= 15 is 0 Å². The average Bonchev–Trinajstić information content (AvgIpc) is 2.90. The van der Waals surface area contributed by atoms with Crippen molar-refractivity contribution in [1.29, 1.82) is 0 Å². The molecule has 4 nitrogen and oxygen atoms in total. The van der Waals surface area contributed by atoms with Crippen molar-refractivity contribution in [3.8, 4) is 0 Å². The van der Waals surface area contributed by atoms with Gasteiger partial charge in [-0.25, -0.2) is 8.78 Å². The number of alkyl halides is 2. The van der Waals surface area contributed by atoms with Crippen LogP contribution in [0.2, 0.25) is 0 Å². The van der Waals surface area contributed by atoms with Crippen LogP contribution in [0.4, 0.5) is 8.78 Å². The van der Waals surface area contributed by atoms with Gasteiger partial charge in [0, 0.05) is 12.8 Å². The van der Waals surface area contributed by atoms with E-state index in [9.17, 15) is 18.4 Å². The standard InChI is InChI=1S/C17H18F2N2O2/c18-17(19)7-12(8-17)14-16(23)20-13(15(22)21-14)11-5-9-3-1-2-4-10(9)6-11/h1-4,11-14H,5-8H2,(H,20,23)(H,21,22). The number of fused-ring (bicyclic) bond motifs is 1.